The minimum atomic E-state index is -0.510. The maximum atomic E-state index is 15.9. The minimum absolute atomic E-state index is 0.00843. The Kier molecular flexibility index (Phi) is 5.97. The number of nitrogens with zero attached hydrogens (tertiary/aromatic N) is 2. The predicted molar refractivity (Wildman–Crippen MR) is 116 cm³/mol. The molecule has 4 rings (SSSR count). The maximum Gasteiger partial charge on any atom is 0.223 e. The fraction of sp³-hybridized carbons (Fsp3) is 0.500. The highest BCUT2D eigenvalue weighted by molar-refractivity contribution is 5.81. The van der Waals surface area contributed by atoms with Gasteiger partial charge in [0.05, 0.1) is 17.9 Å². The second-order valence-corrected chi connectivity index (χ2v) is 8.84. The Hall–Kier alpha value is -2.54. The number of carbonyl (C=O) groups is 1. The van der Waals surface area contributed by atoms with E-state index in [0.29, 0.717) is 18.7 Å². The lowest BCUT2D eigenvalue weighted by Gasteiger charge is -2.37. The van der Waals surface area contributed by atoms with Crippen LogP contribution in [-0.2, 0) is 16.1 Å². The first-order chi connectivity index (χ1) is 14.7. The van der Waals surface area contributed by atoms with Crippen molar-refractivity contribution < 1.29 is 18.3 Å². The van der Waals surface area contributed by atoms with Crippen molar-refractivity contribution >= 4 is 11.6 Å². The van der Waals surface area contributed by atoms with E-state index in [-0.39, 0.29) is 47.4 Å². The number of halogens is 2. The summed E-state index contributed by atoms with van der Waals surface area (Å²) in [6, 6.07) is 4.76. The summed E-state index contributed by atoms with van der Waals surface area (Å²) >= 11 is 0. The number of pyridine rings is 1. The van der Waals surface area contributed by atoms with Gasteiger partial charge in [-0.15, -0.1) is 0 Å². The molecule has 2 fully saturated rings. The van der Waals surface area contributed by atoms with E-state index in [4.69, 9.17) is 4.74 Å². The highest BCUT2D eigenvalue weighted by Gasteiger charge is 2.31. The Balaban J connectivity index is 1.79. The molecule has 2 aromatic rings. The van der Waals surface area contributed by atoms with E-state index in [1.165, 1.54) is 6.07 Å². The number of aryl methyl sites for hydroxylation is 2. The second kappa shape index (κ2) is 8.54. The number of nitrogens with one attached hydrogen (secondary N) is 1. The van der Waals surface area contributed by atoms with Gasteiger partial charge in [-0.25, -0.2) is 8.78 Å². The number of aromatic nitrogens is 1. The van der Waals surface area contributed by atoms with Gasteiger partial charge in [0.2, 0.25) is 5.91 Å². The predicted octanol–water partition coefficient (Wildman–Crippen LogP) is 4.28. The Morgan fingerprint density at radius 1 is 1.13 bits per heavy atom. The van der Waals surface area contributed by atoms with Crippen molar-refractivity contribution in [3.8, 4) is 11.1 Å². The minimum Gasteiger partial charge on any atom is -0.372 e. The average molecular weight is 430 g/mol. The van der Waals surface area contributed by atoms with Crippen LogP contribution >= 0.6 is 0 Å². The summed E-state index contributed by atoms with van der Waals surface area (Å²) in [5, 5.41) is 2.81. The summed E-state index contributed by atoms with van der Waals surface area (Å²) in [4.78, 5) is 18.4. The van der Waals surface area contributed by atoms with Gasteiger partial charge in [0.1, 0.15) is 5.82 Å². The van der Waals surface area contributed by atoms with E-state index in [2.05, 4.69) is 10.3 Å². The van der Waals surface area contributed by atoms with Crippen LogP contribution in [0, 0.1) is 31.4 Å². The molecule has 31 heavy (non-hydrogen) atoms. The first kappa shape index (κ1) is 21.7. The van der Waals surface area contributed by atoms with Gasteiger partial charge >= 0.3 is 0 Å². The molecule has 7 heteroatoms. The van der Waals surface area contributed by atoms with Crippen molar-refractivity contribution in [2.24, 2.45) is 5.92 Å². The fourth-order valence-electron chi connectivity index (χ4n) is 4.39. The van der Waals surface area contributed by atoms with Gasteiger partial charge in [0, 0.05) is 54.1 Å². The highest BCUT2D eigenvalue weighted by atomic mass is 19.1. The van der Waals surface area contributed by atoms with E-state index >= 15 is 8.78 Å². The van der Waals surface area contributed by atoms with Crippen molar-refractivity contribution in [1.29, 1.82) is 0 Å². The van der Waals surface area contributed by atoms with Gasteiger partial charge in [-0.3, -0.25) is 9.78 Å². The van der Waals surface area contributed by atoms with Gasteiger partial charge in [0.25, 0.3) is 0 Å². The molecule has 1 amide bonds. The average Bonchev–Trinajstić information content (AvgIpc) is 3.51. The number of hydrogen-bond donors (Lipinski definition) is 1. The summed E-state index contributed by atoms with van der Waals surface area (Å²) in [6.07, 6.45) is 1.52. The smallest absolute Gasteiger partial charge is 0.223 e. The lowest BCUT2D eigenvalue weighted by atomic mass is 9.96. The number of morpholine rings is 1. The third-order valence-electron chi connectivity index (χ3n) is 5.81. The molecule has 1 N–H and O–H groups in total. The van der Waals surface area contributed by atoms with Crippen molar-refractivity contribution in [2.75, 3.05) is 18.0 Å². The molecule has 1 aliphatic heterocycles. The highest BCUT2D eigenvalue weighted by Crippen LogP contribution is 2.36. The van der Waals surface area contributed by atoms with Gasteiger partial charge in [0.15, 0.2) is 5.82 Å². The molecular weight excluding hydrogens is 400 g/mol. The van der Waals surface area contributed by atoms with Crippen molar-refractivity contribution in [2.45, 2.75) is 59.3 Å². The van der Waals surface area contributed by atoms with Gasteiger partial charge < -0.3 is 15.0 Å². The van der Waals surface area contributed by atoms with Crippen LogP contribution in [0.4, 0.5) is 14.5 Å². The van der Waals surface area contributed by atoms with E-state index < -0.39 is 11.6 Å². The van der Waals surface area contributed by atoms with Crippen molar-refractivity contribution in [1.82, 2.24) is 10.3 Å². The van der Waals surface area contributed by atoms with Gasteiger partial charge in [-0.1, -0.05) is 0 Å². The Labute approximate surface area is 181 Å². The summed E-state index contributed by atoms with van der Waals surface area (Å²) in [5.41, 5.74) is 2.57. The summed E-state index contributed by atoms with van der Waals surface area (Å²) in [6.45, 7) is 8.38. The van der Waals surface area contributed by atoms with E-state index in [9.17, 15) is 4.79 Å². The van der Waals surface area contributed by atoms with Crippen LogP contribution in [0.3, 0.4) is 0 Å². The molecule has 166 valence electrons. The summed E-state index contributed by atoms with van der Waals surface area (Å²) in [7, 11) is 0. The van der Waals surface area contributed by atoms with Crippen LogP contribution in [0.1, 0.15) is 43.6 Å². The maximum absolute atomic E-state index is 15.9. The molecule has 5 nitrogen and oxygen atoms in total. The summed E-state index contributed by atoms with van der Waals surface area (Å²) < 4.78 is 37.2. The zero-order valence-electron chi connectivity index (χ0n) is 18.5. The lowest BCUT2D eigenvalue weighted by molar-refractivity contribution is -0.122. The van der Waals surface area contributed by atoms with Crippen LogP contribution in [0.25, 0.3) is 11.1 Å². The molecule has 1 aliphatic carbocycles. The second-order valence-electron chi connectivity index (χ2n) is 8.84. The molecule has 2 heterocycles. The topological polar surface area (TPSA) is 54.5 Å². The fourth-order valence-corrected chi connectivity index (χ4v) is 4.39. The molecular formula is C24H29F2N3O2. The molecule has 1 saturated carbocycles. The number of ether oxygens (including phenoxy) is 1. The van der Waals surface area contributed by atoms with Crippen LogP contribution in [0.5, 0.6) is 0 Å². The quantitative estimate of drug-likeness (QED) is 0.771. The van der Waals surface area contributed by atoms with Crippen LogP contribution in [0.2, 0.25) is 0 Å². The number of hydrogen-bond acceptors (Lipinski definition) is 4. The third-order valence-corrected chi connectivity index (χ3v) is 5.81. The van der Waals surface area contributed by atoms with Gasteiger partial charge in [-0.05, 0) is 58.2 Å². The normalized spacial score (nSPS) is 21.3. The van der Waals surface area contributed by atoms with E-state index in [0.717, 1.165) is 24.2 Å². The van der Waals surface area contributed by atoms with E-state index in [1.807, 2.05) is 32.6 Å². The first-order valence-corrected chi connectivity index (χ1v) is 10.9. The number of benzene rings is 1. The van der Waals surface area contributed by atoms with Crippen molar-refractivity contribution in [3.63, 3.8) is 0 Å². The Morgan fingerprint density at radius 2 is 1.74 bits per heavy atom. The first-order valence-electron chi connectivity index (χ1n) is 10.9. The van der Waals surface area contributed by atoms with Crippen LogP contribution < -0.4 is 10.2 Å². The Bertz CT molecular complexity index is 977. The lowest BCUT2D eigenvalue weighted by Crippen LogP contribution is -2.46. The van der Waals surface area contributed by atoms with Crippen molar-refractivity contribution in [3.05, 3.63) is 46.8 Å². The Morgan fingerprint density at radius 3 is 2.32 bits per heavy atom. The number of rotatable bonds is 5. The molecule has 1 saturated heterocycles. The molecule has 0 unspecified atom stereocenters. The number of carbonyl (C=O) groups excluding carboxylic acids is 1. The number of amides is 1. The largest absolute Gasteiger partial charge is 0.372 e. The molecule has 0 radical (unpaired) electrons. The molecule has 0 bridgehead atoms. The molecule has 0 spiro atoms. The van der Waals surface area contributed by atoms with Crippen LogP contribution in [0.15, 0.2) is 18.2 Å². The molecule has 2 atom stereocenters. The molecule has 2 aliphatic rings. The van der Waals surface area contributed by atoms with E-state index in [1.54, 1.807) is 12.1 Å². The standard InChI is InChI=1S/C24H29F2N3O2/c1-13-7-18(8-14(2)28-13)22-19(10-27-24(30)17-5-6-17)23(26)21(9-20(22)25)29-11-15(3)31-16(4)12-29/h7-9,15-17H,5-6,10-12H2,1-4H3,(H,27,30)/t15-,16+. The zero-order chi connectivity index (χ0) is 22.3. The molecule has 1 aromatic carbocycles. The number of anilines is 1. The monoisotopic (exact) mass is 429 g/mol. The third kappa shape index (κ3) is 4.71. The molecule has 1 aromatic heterocycles. The zero-order valence-corrected chi connectivity index (χ0v) is 18.5. The van der Waals surface area contributed by atoms with Crippen LogP contribution in [-0.4, -0.2) is 36.2 Å². The SMILES string of the molecule is Cc1cc(-c2c(F)cc(N3C[C@@H](C)O[C@@H](C)C3)c(F)c2CNC(=O)C2CC2)cc(C)n1. The van der Waals surface area contributed by atoms with Gasteiger partial charge in [-0.2, -0.15) is 0 Å². The summed E-state index contributed by atoms with van der Waals surface area (Å²) in [5.74, 6) is -1.12.